The van der Waals surface area contributed by atoms with Crippen LogP contribution in [0.15, 0.2) is 54.6 Å². The lowest BCUT2D eigenvalue weighted by Crippen LogP contribution is -2.49. The third-order valence-electron chi connectivity index (χ3n) is 4.65. The fourth-order valence-electron chi connectivity index (χ4n) is 3.24. The standard InChI is InChI=1S/C20H20N4O/c1-15-5-4-7-17(13-15)23-9-11-24(12-10-23)20(25)19-14-16-6-2-3-8-18(16)21-22-19/h2-8,13-14H,9-12H2,1H3. The van der Waals surface area contributed by atoms with Crippen molar-refractivity contribution in [3.05, 3.63) is 65.9 Å². The fourth-order valence-corrected chi connectivity index (χ4v) is 3.24. The summed E-state index contributed by atoms with van der Waals surface area (Å²) in [6, 6.07) is 18.0. The van der Waals surface area contributed by atoms with Gasteiger partial charge in [0.2, 0.25) is 0 Å². The Kier molecular flexibility index (Phi) is 4.06. The number of benzene rings is 2. The van der Waals surface area contributed by atoms with Gasteiger partial charge in [0, 0.05) is 37.3 Å². The number of hydrogen-bond donors (Lipinski definition) is 0. The van der Waals surface area contributed by atoms with E-state index in [4.69, 9.17) is 0 Å². The molecule has 1 fully saturated rings. The average Bonchev–Trinajstić information content (AvgIpc) is 2.67. The summed E-state index contributed by atoms with van der Waals surface area (Å²) >= 11 is 0. The molecule has 1 amide bonds. The molecule has 0 radical (unpaired) electrons. The number of anilines is 1. The van der Waals surface area contributed by atoms with Crippen LogP contribution in [-0.4, -0.2) is 47.2 Å². The molecule has 126 valence electrons. The molecule has 0 unspecified atom stereocenters. The summed E-state index contributed by atoms with van der Waals surface area (Å²) in [5.41, 5.74) is 3.70. The van der Waals surface area contributed by atoms with E-state index < -0.39 is 0 Å². The zero-order valence-electron chi connectivity index (χ0n) is 14.2. The predicted molar refractivity (Wildman–Crippen MR) is 98.8 cm³/mol. The van der Waals surface area contributed by atoms with Crippen molar-refractivity contribution in [1.82, 2.24) is 15.1 Å². The number of amides is 1. The lowest BCUT2D eigenvalue weighted by molar-refractivity contribution is 0.0740. The molecule has 0 spiro atoms. The van der Waals surface area contributed by atoms with Gasteiger partial charge in [0.1, 0.15) is 0 Å². The Morgan fingerprint density at radius 1 is 0.920 bits per heavy atom. The highest BCUT2D eigenvalue weighted by Crippen LogP contribution is 2.19. The number of hydrogen-bond acceptors (Lipinski definition) is 4. The summed E-state index contributed by atoms with van der Waals surface area (Å²) in [6.45, 7) is 5.15. The van der Waals surface area contributed by atoms with Gasteiger partial charge in [-0.05, 0) is 36.8 Å². The molecule has 0 saturated carbocycles. The summed E-state index contributed by atoms with van der Waals surface area (Å²) in [7, 11) is 0. The maximum atomic E-state index is 12.7. The average molecular weight is 332 g/mol. The highest BCUT2D eigenvalue weighted by molar-refractivity contribution is 5.95. The van der Waals surface area contributed by atoms with Crippen molar-refractivity contribution in [2.75, 3.05) is 31.1 Å². The van der Waals surface area contributed by atoms with Gasteiger partial charge in [0.05, 0.1) is 5.52 Å². The van der Waals surface area contributed by atoms with Crippen LogP contribution in [0.3, 0.4) is 0 Å². The van der Waals surface area contributed by atoms with Gasteiger partial charge in [-0.1, -0.05) is 30.3 Å². The Hall–Kier alpha value is -2.95. The number of fused-ring (bicyclic) bond motifs is 1. The summed E-state index contributed by atoms with van der Waals surface area (Å²) in [5.74, 6) is -0.0397. The van der Waals surface area contributed by atoms with Gasteiger partial charge in [-0.15, -0.1) is 10.2 Å². The lowest BCUT2D eigenvalue weighted by Gasteiger charge is -2.36. The van der Waals surface area contributed by atoms with Crippen LogP contribution >= 0.6 is 0 Å². The molecule has 2 aromatic carbocycles. The van der Waals surface area contributed by atoms with Crippen LogP contribution in [0.5, 0.6) is 0 Å². The molecule has 0 aliphatic carbocycles. The molecule has 1 aromatic heterocycles. The number of nitrogens with zero attached hydrogens (tertiary/aromatic N) is 4. The fraction of sp³-hybridized carbons (Fsp3) is 0.250. The maximum Gasteiger partial charge on any atom is 0.274 e. The number of carbonyl (C=O) groups is 1. The summed E-state index contributed by atoms with van der Waals surface area (Å²) in [4.78, 5) is 16.9. The SMILES string of the molecule is Cc1cccc(N2CCN(C(=O)c3cc4ccccc4nn3)CC2)c1. The van der Waals surface area contributed by atoms with E-state index in [2.05, 4.69) is 46.3 Å². The van der Waals surface area contributed by atoms with Gasteiger partial charge < -0.3 is 9.80 Å². The van der Waals surface area contributed by atoms with E-state index in [9.17, 15) is 4.79 Å². The van der Waals surface area contributed by atoms with E-state index in [1.54, 1.807) is 0 Å². The van der Waals surface area contributed by atoms with E-state index >= 15 is 0 Å². The number of rotatable bonds is 2. The Morgan fingerprint density at radius 3 is 2.52 bits per heavy atom. The normalized spacial score (nSPS) is 14.8. The monoisotopic (exact) mass is 332 g/mol. The molecule has 5 heteroatoms. The molecule has 1 aliphatic rings. The van der Waals surface area contributed by atoms with E-state index in [1.165, 1.54) is 11.3 Å². The largest absolute Gasteiger partial charge is 0.368 e. The number of aryl methyl sites for hydroxylation is 1. The first-order valence-electron chi connectivity index (χ1n) is 8.54. The van der Waals surface area contributed by atoms with Crippen LogP contribution in [0.4, 0.5) is 5.69 Å². The van der Waals surface area contributed by atoms with Crippen molar-refractivity contribution in [2.45, 2.75) is 6.92 Å². The van der Waals surface area contributed by atoms with Crippen molar-refractivity contribution >= 4 is 22.5 Å². The van der Waals surface area contributed by atoms with Gasteiger partial charge in [0.25, 0.3) is 5.91 Å². The highest BCUT2D eigenvalue weighted by atomic mass is 16.2. The van der Waals surface area contributed by atoms with Crippen LogP contribution in [-0.2, 0) is 0 Å². The maximum absolute atomic E-state index is 12.7. The lowest BCUT2D eigenvalue weighted by atomic mass is 10.1. The second-order valence-electron chi connectivity index (χ2n) is 6.41. The molecule has 1 aliphatic heterocycles. The second-order valence-corrected chi connectivity index (χ2v) is 6.41. The number of aromatic nitrogens is 2. The van der Waals surface area contributed by atoms with Crippen molar-refractivity contribution in [2.24, 2.45) is 0 Å². The summed E-state index contributed by atoms with van der Waals surface area (Å²) < 4.78 is 0. The summed E-state index contributed by atoms with van der Waals surface area (Å²) in [5, 5.41) is 9.22. The zero-order valence-corrected chi connectivity index (χ0v) is 14.2. The molecule has 3 aromatic rings. The van der Waals surface area contributed by atoms with Crippen molar-refractivity contribution in [3.63, 3.8) is 0 Å². The van der Waals surface area contributed by atoms with E-state index in [1.807, 2.05) is 35.2 Å². The minimum Gasteiger partial charge on any atom is -0.368 e. The van der Waals surface area contributed by atoms with Gasteiger partial charge >= 0.3 is 0 Å². The molecule has 0 N–H and O–H groups in total. The van der Waals surface area contributed by atoms with E-state index in [-0.39, 0.29) is 5.91 Å². The van der Waals surface area contributed by atoms with Crippen LogP contribution in [0.2, 0.25) is 0 Å². The van der Waals surface area contributed by atoms with Crippen LogP contribution < -0.4 is 4.90 Å². The first-order valence-corrected chi connectivity index (χ1v) is 8.54. The first-order chi connectivity index (χ1) is 12.2. The first kappa shape index (κ1) is 15.6. The van der Waals surface area contributed by atoms with Gasteiger partial charge in [-0.2, -0.15) is 0 Å². The van der Waals surface area contributed by atoms with Crippen LogP contribution in [0.25, 0.3) is 10.9 Å². The second kappa shape index (κ2) is 6.51. The molecule has 0 atom stereocenters. The molecule has 5 nitrogen and oxygen atoms in total. The topological polar surface area (TPSA) is 49.3 Å². The van der Waals surface area contributed by atoms with Crippen molar-refractivity contribution in [1.29, 1.82) is 0 Å². The molecular formula is C20H20N4O. The third-order valence-corrected chi connectivity index (χ3v) is 4.65. The third kappa shape index (κ3) is 3.18. The molecule has 1 saturated heterocycles. The Labute approximate surface area is 146 Å². The molecule has 25 heavy (non-hydrogen) atoms. The van der Waals surface area contributed by atoms with Crippen molar-refractivity contribution < 1.29 is 4.79 Å². The molecule has 2 heterocycles. The van der Waals surface area contributed by atoms with Crippen LogP contribution in [0.1, 0.15) is 16.1 Å². The summed E-state index contributed by atoms with van der Waals surface area (Å²) in [6.07, 6.45) is 0. The van der Waals surface area contributed by atoms with Crippen molar-refractivity contribution in [3.8, 4) is 0 Å². The predicted octanol–water partition coefficient (Wildman–Crippen LogP) is 2.90. The van der Waals surface area contributed by atoms with E-state index in [0.29, 0.717) is 18.8 Å². The van der Waals surface area contributed by atoms with Gasteiger partial charge in [0.15, 0.2) is 5.69 Å². The highest BCUT2D eigenvalue weighted by Gasteiger charge is 2.23. The van der Waals surface area contributed by atoms with Gasteiger partial charge in [-0.25, -0.2) is 0 Å². The Bertz CT molecular complexity index is 916. The molecule has 4 rings (SSSR count). The zero-order chi connectivity index (χ0) is 17.2. The molecular weight excluding hydrogens is 312 g/mol. The Morgan fingerprint density at radius 2 is 1.72 bits per heavy atom. The minimum absolute atomic E-state index is 0.0397. The quantitative estimate of drug-likeness (QED) is 0.724. The molecule has 0 bridgehead atoms. The van der Waals surface area contributed by atoms with Crippen LogP contribution in [0, 0.1) is 6.92 Å². The number of carbonyl (C=O) groups excluding carboxylic acids is 1. The minimum atomic E-state index is -0.0397. The van der Waals surface area contributed by atoms with E-state index in [0.717, 1.165) is 24.0 Å². The van der Waals surface area contributed by atoms with Gasteiger partial charge in [-0.3, -0.25) is 4.79 Å². The number of piperazine rings is 1. The smallest absolute Gasteiger partial charge is 0.274 e. The Balaban J connectivity index is 1.47.